The van der Waals surface area contributed by atoms with Crippen LogP contribution in [0.4, 0.5) is 16.0 Å². The second-order valence-electron chi connectivity index (χ2n) is 12.1. The largest absolute Gasteiger partial charge is 0.351 e. The predicted molar refractivity (Wildman–Crippen MR) is 162 cm³/mol. The molecule has 0 bridgehead atoms. The number of anilines is 2. The van der Waals surface area contributed by atoms with E-state index in [2.05, 4.69) is 34.0 Å². The van der Waals surface area contributed by atoms with Crippen molar-refractivity contribution in [3.63, 3.8) is 0 Å². The van der Waals surface area contributed by atoms with Crippen LogP contribution in [0, 0.1) is 11.7 Å². The van der Waals surface area contributed by atoms with Crippen LogP contribution in [0.15, 0.2) is 35.3 Å². The number of nitrogens with one attached hydrogen (secondary N) is 2. The van der Waals surface area contributed by atoms with Crippen molar-refractivity contribution in [2.45, 2.75) is 83.3 Å². The van der Waals surface area contributed by atoms with E-state index >= 15 is 4.39 Å². The minimum atomic E-state index is -3.68. The molecular formula is C30H41FN6O3S. The van der Waals surface area contributed by atoms with Gasteiger partial charge in [0.25, 0.3) is 5.56 Å². The fraction of sp³-hybridized carbons (Fsp3) is 0.567. The van der Waals surface area contributed by atoms with E-state index in [-0.39, 0.29) is 35.0 Å². The van der Waals surface area contributed by atoms with Gasteiger partial charge >= 0.3 is 0 Å². The van der Waals surface area contributed by atoms with Crippen LogP contribution in [0.5, 0.6) is 0 Å². The summed E-state index contributed by atoms with van der Waals surface area (Å²) < 4.78 is 44.4. The van der Waals surface area contributed by atoms with Crippen LogP contribution in [-0.4, -0.2) is 59.8 Å². The molecule has 2 aliphatic rings. The van der Waals surface area contributed by atoms with E-state index < -0.39 is 15.8 Å². The Balaban J connectivity index is 1.40. The summed E-state index contributed by atoms with van der Waals surface area (Å²) in [7, 11) is 0.560. The Morgan fingerprint density at radius 1 is 1.07 bits per heavy atom. The van der Waals surface area contributed by atoms with E-state index in [1.807, 2.05) is 13.8 Å². The van der Waals surface area contributed by atoms with Gasteiger partial charge in [0.1, 0.15) is 11.5 Å². The van der Waals surface area contributed by atoms with E-state index in [4.69, 9.17) is 4.98 Å². The molecule has 5 rings (SSSR count). The SMILES string of the molecule is CC(C)n1c(=O)c(-c2ccc(NS(=O)(=O)CC3CCCC3)c(F)c2)cc2cnc(NC3CCC(N(C)C)CC3)nc21. The van der Waals surface area contributed by atoms with Crippen LogP contribution in [0.25, 0.3) is 22.2 Å². The second-order valence-corrected chi connectivity index (χ2v) is 13.9. The van der Waals surface area contributed by atoms with Gasteiger partial charge in [-0.15, -0.1) is 0 Å². The number of benzene rings is 1. The van der Waals surface area contributed by atoms with Crippen molar-refractivity contribution in [3.05, 3.63) is 46.6 Å². The van der Waals surface area contributed by atoms with Crippen LogP contribution < -0.4 is 15.6 Å². The third-order valence-electron chi connectivity index (χ3n) is 8.53. The van der Waals surface area contributed by atoms with Gasteiger partial charge in [-0.1, -0.05) is 18.9 Å². The number of halogens is 1. The Hall–Kier alpha value is -3.05. The predicted octanol–water partition coefficient (Wildman–Crippen LogP) is 5.40. The Kier molecular flexibility index (Phi) is 8.65. The number of pyridine rings is 1. The molecule has 0 atom stereocenters. The summed E-state index contributed by atoms with van der Waals surface area (Å²) in [6.45, 7) is 3.82. The molecule has 0 spiro atoms. The topological polar surface area (TPSA) is 109 Å². The zero-order chi connectivity index (χ0) is 29.3. The third kappa shape index (κ3) is 6.72. The number of rotatable bonds is 9. The van der Waals surface area contributed by atoms with Gasteiger partial charge in [-0.05, 0) is 96.1 Å². The summed E-state index contributed by atoms with van der Waals surface area (Å²) in [5, 5.41) is 4.12. The van der Waals surface area contributed by atoms with Crippen LogP contribution in [0.3, 0.4) is 0 Å². The van der Waals surface area contributed by atoms with Crippen molar-refractivity contribution in [1.82, 2.24) is 19.4 Å². The zero-order valence-corrected chi connectivity index (χ0v) is 25.2. The molecule has 11 heteroatoms. The Morgan fingerprint density at radius 3 is 2.41 bits per heavy atom. The van der Waals surface area contributed by atoms with Gasteiger partial charge < -0.3 is 10.2 Å². The lowest BCUT2D eigenvalue weighted by Crippen LogP contribution is -2.36. The molecule has 222 valence electrons. The Morgan fingerprint density at radius 2 is 1.78 bits per heavy atom. The summed E-state index contributed by atoms with van der Waals surface area (Å²) in [5.41, 5.74) is 0.775. The molecule has 2 aliphatic carbocycles. The quantitative estimate of drug-likeness (QED) is 0.347. The Labute approximate surface area is 241 Å². The average Bonchev–Trinajstić information content (AvgIpc) is 3.42. The van der Waals surface area contributed by atoms with Gasteiger partial charge in [-0.3, -0.25) is 14.1 Å². The van der Waals surface area contributed by atoms with Crippen molar-refractivity contribution in [2.75, 3.05) is 29.9 Å². The fourth-order valence-electron chi connectivity index (χ4n) is 6.26. The molecule has 2 saturated carbocycles. The summed E-state index contributed by atoms with van der Waals surface area (Å²) in [6, 6.07) is 6.52. The molecule has 0 aliphatic heterocycles. The first kappa shape index (κ1) is 29.4. The summed E-state index contributed by atoms with van der Waals surface area (Å²) in [6.07, 6.45) is 9.78. The van der Waals surface area contributed by atoms with Crippen molar-refractivity contribution in [2.24, 2.45) is 5.92 Å². The lowest BCUT2D eigenvalue weighted by molar-refractivity contribution is 0.221. The van der Waals surface area contributed by atoms with Crippen LogP contribution in [0.2, 0.25) is 0 Å². The summed E-state index contributed by atoms with van der Waals surface area (Å²) in [5.74, 6) is -0.134. The molecule has 0 unspecified atom stereocenters. The van der Waals surface area contributed by atoms with E-state index in [0.717, 1.165) is 51.4 Å². The number of hydrogen-bond acceptors (Lipinski definition) is 7. The van der Waals surface area contributed by atoms with Crippen LogP contribution >= 0.6 is 0 Å². The summed E-state index contributed by atoms with van der Waals surface area (Å²) >= 11 is 0. The molecule has 2 fully saturated rings. The molecule has 2 aromatic heterocycles. The Bertz CT molecular complexity index is 1560. The molecule has 41 heavy (non-hydrogen) atoms. The van der Waals surface area contributed by atoms with Crippen molar-refractivity contribution >= 4 is 32.7 Å². The van der Waals surface area contributed by atoms with Crippen LogP contribution in [0.1, 0.15) is 71.3 Å². The van der Waals surface area contributed by atoms with E-state index in [9.17, 15) is 13.2 Å². The first-order chi connectivity index (χ1) is 19.5. The summed E-state index contributed by atoms with van der Waals surface area (Å²) in [4.78, 5) is 25.2. The maximum Gasteiger partial charge on any atom is 0.260 e. The average molecular weight is 585 g/mol. The van der Waals surface area contributed by atoms with Gasteiger partial charge in [0.15, 0.2) is 0 Å². The number of hydrogen-bond donors (Lipinski definition) is 2. The highest BCUT2D eigenvalue weighted by atomic mass is 32.2. The van der Waals surface area contributed by atoms with Crippen molar-refractivity contribution < 1.29 is 12.8 Å². The maximum absolute atomic E-state index is 15.2. The highest BCUT2D eigenvalue weighted by molar-refractivity contribution is 7.92. The van der Waals surface area contributed by atoms with Crippen molar-refractivity contribution in [3.8, 4) is 11.1 Å². The maximum atomic E-state index is 15.2. The van der Waals surface area contributed by atoms with Crippen molar-refractivity contribution in [1.29, 1.82) is 0 Å². The highest BCUT2D eigenvalue weighted by Gasteiger charge is 2.25. The minimum absolute atomic E-state index is 0.00778. The first-order valence-electron chi connectivity index (χ1n) is 14.7. The molecule has 2 heterocycles. The lowest BCUT2D eigenvalue weighted by Gasteiger charge is -2.33. The van der Waals surface area contributed by atoms with E-state index in [1.54, 1.807) is 22.9 Å². The normalized spacial score (nSPS) is 20.3. The molecule has 9 nitrogen and oxygen atoms in total. The second kappa shape index (κ2) is 12.1. The number of aromatic nitrogens is 3. The molecule has 2 N–H and O–H groups in total. The van der Waals surface area contributed by atoms with Gasteiger partial charge in [0.2, 0.25) is 16.0 Å². The van der Waals surface area contributed by atoms with E-state index in [0.29, 0.717) is 34.2 Å². The fourth-order valence-corrected chi connectivity index (χ4v) is 7.79. The van der Waals surface area contributed by atoms with Gasteiger partial charge in [-0.2, -0.15) is 4.98 Å². The van der Waals surface area contributed by atoms with Gasteiger partial charge in [0, 0.05) is 35.3 Å². The monoisotopic (exact) mass is 584 g/mol. The minimum Gasteiger partial charge on any atom is -0.351 e. The van der Waals surface area contributed by atoms with Crippen LogP contribution in [-0.2, 0) is 10.0 Å². The standard InChI is InChI=1S/C30H41FN6O3S/c1-19(2)37-28-22(17-32-30(34-28)33-23-10-12-24(13-11-23)36(3)4)15-25(29(37)38)21-9-14-27(26(31)16-21)35-41(39,40)18-20-7-5-6-8-20/h9,14-17,19-20,23-24,35H,5-8,10-13,18H2,1-4H3,(H,32,33,34). The molecule has 0 saturated heterocycles. The lowest BCUT2D eigenvalue weighted by atomic mass is 9.91. The van der Waals surface area contributed by atoms with E-state index in [1.165, 1.54) is 12.1 Å². The first-order valence-corrected chi connectivity index (χ1v) is 16.3. The number of nitrogens with zero attached hydrogens (tertiary/aromatic N) is 4. The van der Waals surface area contributed by atoms with Gasteiger partial charge in [0.05, 0.1) is 11.4 Å². The molecular weight excluding hydrogens is 543 g/mol. The number of sulfonamides is 1. The molecule has 3 aromatic rings. The van der Waals surface area contributed by atoms with Gasteiger partial charge in [-0.25, -0.2) is 17.8 Å². The number of fused-ring (bicyclic) bond motifs is 1. The zero-order valence-electron chi connectivity index (χ0n) is 24.4. The third-order valence-corrected chi connectivity index (χ3v) is 9.97. The molecule has 0 radical (unpaired) electrons. The smallest absolute Gasteiger partial charge is 0.260 e. The molecule has 1 aromatic carbocycles. The molecule has 0 amide bonds. The highest BCUT2D eigenvalue weighted by Crippen LogP contribution is 2.29.